The molecule has 3 amide bonds. The summed E-state index contributed by atoms with van der Waals surface area (Å²) in [6, 6.07) is 5.25. The number of carbonyl (C=O) groups is 2. The summed E-state index contributed by atoms with van der Waals surface area (Å²) in [5.41, 5.74) is 1.93. The first-order valence-corrected chi connectivity index (χ1v) is 8.71. The van der Waals surface area contributed by atoms with E-state index in [4.69, 9.17) is 4.74 Å². The summed E-state index contributed by atoms with van der Waals surface area (Å²) in [6.07, 6.45) is 0.961. The number of nitrogens with zero attached hydrogens (tertiary/aromatic N) is 1. The minimum absolute atomic E-state index is 0.167. The quantitative estimate of drug-likeness (QED) is 0.654. The van der Waals surface area contributed by atoms with Crippen molar-refractivity contribution >= 4 is 17.6 Å². The van der Waals surface area contributed by atoms with Crippen LogP contribution in [0.1, 0.15) is 29.3 Å². The third-order valence-electron chi connectivity index (χ3n) is 4.47. The zero-order valence-electron chi connectivity index (χ0n) is 15.2. The monoisotopic (exact) mass is 348 g/mol. The molecule has 7 heteroatoms. The van der Waals surface area contributed by atoms with Crippen LogP contribution < -0.4 is 16.0 Å². The number of likely N-dealkylation sites (N-methyl/N-ethyl adjacent to an activating group) is 1. The van der Waals surface area contributed by atoms with Gasteiger partial charge in [-0.2, -0.15) is 0 Å². The minimum atomic E-state index is -0.233. The predicted molar refractivity (Wildman–Crippen MR) is 98.1 cm³/mol. The van der Waals surface area contributed by atoms with Gasteiger partial charge in [-0.15, -0.1) is 0 Å². The van der Waals surface area contributed by atoms with Crippen LogP contribution in [0.5, 0.6) is 0 Å². The van der Waals surface area contributed by atoms with Crippen molar-refractivity contribution in [3.8, 4) is 0 Å². The van der Waals surface area contributed by atoms with E-state index in [0.717, 1.165) is 31.6 Å². The van der Waals surface area contributed by atoms with Gasteiger partial charge in [-0.25, -0.2) is 4.79 Å². The van der Waals surface area contributed by atoms with Crippen molar-refractivity contribution in [1.82, 2.24) is 15.5 Å². The first-order chi connectivity index (χ1) is 12.0. The van der Waals surface area contributed by atoms with Crippen molar-refractivity contribution in [2.45, 2.75) is 26.3 Å². The molecule has 0 saturated carbocycles. The van der Waals surface area contributed by atoms with Gasteiger partial charge in [0.1, 0.15) is 0 Å². The van der Waals surface area contributed by atoms with Gasteiger partial charge in [0.05, 0.1) is 6.61 Å². The zero-order valence-corrected chi connectivity index (χ0v) is 15.2. The Balaban J connectivity index is 1.94. The molecule has 3 N–H and O–H groups in total. The van der Waals surface area contributed by atoms with Crippen LogP contribution in [-0.2, 0) is 4.74 Å². The van der Waals surface area contributed by atoms with Crippen LogP contribution in [-0.4, -0.2) is 62.8 Å². The molecule has 1 aliphatic rings. The second-order valence-electron chi connectivity index (χ2n) is 6.20. The highest BCUT2D eigenvalue weighted by molar-refractivity contribution is 5.99. The fourth-order valence-electron chi connectivity index (χ4n) is 2.96. The molecular formula is C18H28N4O3. The van der Waals surface area contributed by atoms with Gasteiger partial charge in [-0.05, 0) is 37.6 Å². The number of urea groups is 1. The Morgan fingerprint density at radius 3 is 2.84 bits per heavy atom. The van der Waals surface area contributed by atoms with E-state index in [1.165, 1.54) is 0 Å². The van der Waals surface area contributed by atoms with Gasteiger partial charge in [0.25, 0.3) is 5.91 Å². The summed E-state index contributed by atoms with van der Waals surface area (Å²) in [6.45, 7) is 7.75. The van der Waals surface area contributed by atoms with Crippen LogP contribution in [0.25, 0.3) is 0 Å². The predicted octanol–water partition coefficient (Wildman–Crippen LogP) is 1.59. The summed E-state index contributed by atoms with van der Waals surface area (Å²) >= 11 is 0. The fourth-order valence-corrected chi connectivity index (χ4v) is 2.96. The molecule has 0 aromatic heterocycles. The Bertz CT molecular complexity index is 606. The lowest BCUT2D eigenvalue weighted by atomic mass is 10.1. The molecule has 0 aliphatic carbocycles. The summed E-state index contributed by atoms with van der Waals surface area (Å²) in [7, 11) is 1.59. The number of methoxy groups -OCH3 is 1. The van der Waals surface area contributed by atoms with E-state index < -0.39 is 0 Å². The molecule has 0 spiro atoms. The van der Waals surface area contributed by atoms with Gasteiger partial charge in [0.2, 0.25) is 0 Å². The number of carbonyl (C=O) groups excluding carboxylic acids is 2. The Hall–Kier alpha value is -2.12. The van der Waals surface area contributed by atoms with Crippen LogP contribution >= 0.6 is 0 Å². The number of hydrogen-bond donors (Lipinski definition) is 3. The second kappa shape index (κ2) is 9.39. The van der Waals surface area contributed by atoms with Crippen molar-refractivity contribution in [3.63, 3.8) is 0 Å². The first kappa shape index (κ1) is 19.2. The van der Waals surface area contributed by atoms with Crippen molar-refractivity contribution < 1.29 is 14.3 Å². The lowest BCUT2D eigenvalue weighted by Gasteiger charge is -2.17. The van der Waals surface area contributed by atoms with Gasteiger partial charge >= 0.3 is 6.03 Å². The Kier molecular flexibility index (Phi) is 7.21. The van der Waals surface area contributed by atoms with E-state index in [0.29, 0.717) is 24.4 Å². The van der Waals surface area contributed by atoms with E-state index in [-0.39, 0.29) is 18.0 Å². The standard InChI is InChI=1S/C18H28N4O3/c1-4-22-10-8-14(12-22)20-18(24)21-16-7-5-6-15(13(16)2)17(23)19-9-11-25-3/h5-7,14H,4,8-12H2,1-3H3,(H,19,23)(H2,20,21,24). The third-order valence-corrected chi connectivity index (χ3v) is 4.47. The molecule has 25 heavy (non-hydrogen) atoms. The van der Waals surface area contributed by atoms with E-state index in [1.807, 2.05) is 6.92 Å². The van der Waals surface area contributed by atoms with E-state index >= 15 is 0 Å². The summed E-state index contributed by atoms with van der Waals surface area (Å²) < 4.78 is 4.93. The molecule has 1 fully saturated rings. The molecule has 1 unspecified atom stereocenters. The molecule has 0 radical (unpaired) electrons. The number of hydrogen-bond acceptors (Lipinski definition) is 4. The van der Waals surface area contributed by atoms with Crippen LogP contribution in [0.15, 0.2) is 18.2 Å². The van der Waals surface area contributed by atoms with Crippen molar-refractivity contribution in [2.24, 2.45) is 0 Å². The molecule has 1 aliphatic heterocycles. The molecule has 1 heterocycles. The average molecular weight is 348 g/mol. The molecule has 1 aromatic carbocycles. The average Bonchev–Trinajstić information content (AvgIpc) is 3.04. The highest BCUT2D eigenvalue weighted by Gasteiger charge is 2.22. The van der Waals surface area contributed by atoms with Crippen LogP contribution in [0.3, 0.4) is 0 Å². The SMILES string of the molecule is CCN1CCC(NC(=O)Nc2cccc(C(=O)NCCOC)c2C)C1. The Morgan fingerprint density at radius 2 is 2.16 bits per heavy atom. The van der Waals surface area contributed by atoms with Crippen molar-refractivity contribution in [3.05, 3.63) is 29.3 Å². The summed E-state index contributed by atoms with van der Waals surface area (Å²) in [5, 5.41) is 8.65. The first-order valence-electron chi connectivity index (χ1n) is 8.71. The van der Waals surface area contributed by atoms with Crippen LogP contribution in [0.2, 0.25) is 0 Å². The highest BCUT2D eigenvalue weighted by Crippen LogP contribution is 2.19. The number of nitrogens with one attached hydrogen (secondary N) is 3. The number of ether oxygens (including phenoxy) is 1. The number of anilines is 1. The fraction of sp³-hybridized carbons (Fsp3) is 0.556. The second-order valence-corrected chi connectivity index (χ2v) is 6.20. The van der Waals surface area contributed by atoms with E-state index in [9.17, 15) is 9.59 Å². The van der Waals surface area contributed by atoms with Gasteiger partial charge in [-0.1, -0.05) is 13.0 Å². The maximum atomic E-state index is 12.2. The molecular weight excluding hydrogens is 320 g/mol. The molecule has 1 saturated heterocycles. The van der Waals surface area contributed by atoms with E-state index in [2.05, 4.69) is 27.8 Å². The van der Waals surface area contributed by atoms with Crippen LogP contribution in [0.4, 0.5) is 10.5 Å². The number of amides is 3. The van der Waals surface area contributed by atoms with Crippen molar-refractivity contribution in [1.29, 1.82) is 0 Å². The van der Waals surface area contributed by atoms with Crippen LogP contribution in [0, 0.1) is 6.92 Å². The summed E-state index contributed by atoms with van der Waals surface area (Å²) in [5.74, 6) is -0.173. The molecule has 1 atom stereocenters. The largest absolute Gasteiger partial charge is 0.383 e. The van der Waals surface area contributed by atoms with Gasteiger partial charge in [-0.3, -0.25) is 4.79 Å². The number of rotatable bonds is 7. The normalized spacial score (nSPS) is 17.3. The number of benzene rings is 1. The maximum absolute atomic E-state index is 12.2. The molecule has 1 aromatic rings. The third kappa shape index (κ3) is 5.44. The highest BCUT2D eigenvalue weighted by atomic mass is 16.5. The van der Waals surface area contributed by atoms with Gasteiger partial charge in [0.15, 0.2) is 0 Å². The van der Waals surface area contributed by atoms with Gasteiger partial charge in [0, 0.05) is 44.0 Å². The molecule has 138 valence electrons. The number of likely N-dealkylation sites (tertiary alicyclic amines) is 1. The summed E-state index contributed by atoms with van der Waals surface area (Å²) in [4.78, 5) is 26.8. The molecule has 0 bridgehead atoms. The topological polar surface area (TPSA) is 82.7 Å². The lowest BCUT2D eigenvalue weighted by Crippen LogP contribution is -2.39. The van der Waals surface area contributed by atoms with E-state index in [1.54, 1.807) is 25.3 Å². The molecule has 2 rings (SSSR count). The van der Waals surface area contributed by atoms with Crippen molar-refractivity contribution in [2.75, 3.05) is 45.2 Å². The Morgan fingerprint density at radius 1 is 1.36 bits per heavy atom. The molecule has 7 nitrogen and oxygen atoms in total. The Labute approximate surface area is 149 Å². The smallest absolute Gasteiger partial charge is 0.319 e. The zero-order chi connectivity index (χ0) is 18.2. The minimum Gasteiger partial charge on any atom is -0.383 e. The maximum Gasteiger partial charge on any atom is 0.319 e. The van der Waals surface area contributed by atoms with Gasteiger partial charge < -0.3 is 25.6 Å². The lowest BCUT2D eigenvalue weighted by molar-refractivity contribution is 0.0936.